The first-order valence-electron chi connectivity index (χ1n) is 7.89. The highest BCUT2D eigenvalue weighted by Gasteiger charge is 2.30. The first kappa shape index (κ1) is 16.9. The fraction of sp³-hybridized carbons (Fsp3) is 0.500. The number of nitrogens with zero attached hydrogens (tertiary/aromatic N) is 2. The van der Waals surface area contributed by atoms with Crippen molar-refractivity contribution >= 4 is 9.84 Å². The van der Waals surface area contributed by atoms with Crippen LogP contribution in [-0.4, -0.2) is 47.2 Å². The predicted molar refractivity (Wildman–Crippen MR) is 87.8 cm³/mol. The third-order valence-corrected chi connectivity index (χ3v) is 5.53. The number of sulfone groups is 1. The fourth-order valence-electron chi connectivity index (χ4n) is 2.52. The average molecular weight is 351 g/mol. The minimum atomic E-state index is -3.75. The number of aromatic amines is 1. The number of aromatic nitrogens is 3. The van der Waals surface area contributed by atoms with Crippen molar-refractivity contribution in [3.8, 4) is 5.75 Å². The molecule has 0 spiro atoms. The summed E-state index contributed by atoms with van der Waals surface area (Å²) in [4.78, 5) is 4.04. The van der Waals surface area contributed by atoms with Gasteiger partial charge in [-0.05, 0) is 37.8 Å². The van der Waals surface area contributed by atoms with Crippen molar-refractivity contribution < 1.29 is 18.3 Å². The maximum atomic E-state index is 12.3. The van der Waals surface area contributed by atoms with Crippen LogP contribution in [0.2, 0.25) is 0 Å². The summed E-state index contributed by atoms with van der Waals surface area (Å²) in [6.45, 7) is 3.70. The normalized spacial score (nSPS) is 16.1. The Bertz CT molecular complexity index is 807. The molecule has 1 saturated carbocycles. The van der Waals surface area contributed by atoms with Gasteiger partial charge in [0.1, 0.15) is 24.3 Å². The van der Waals surface area contributed by atoms with Gasteiger partial charge < -0.3 is 9.84 Å². The fourth-order valence-corrected chi connectivity index (χ4v) is 3.69. The molecule has 1 fully saturated rings. The maximum absolute atomic E-state index is 12.3. The van der Waals surface area contributed by atoms with E-state index in [-0.39, 0.29) is 11.8 Å². The van der Waals surface area contributed by atoms with E-state index in [4.69, 9.17) is 4.74 Å². The number of aliphatic hydroxyl groups excluding tert-OH is 1. The lowest BCUT2D eigenvalue weighted by atomic mass is 10.1. The number of H-pyrrole nitrogens is 1. The number of aliphatic hydroxyl groups is 1. The molecule has 24 heavy (non-hydrogen) atoms. The molecule has 2 aromatic rings. The molecule has 0 radical (unpaired) electrons. The molecule has 1 aromatic carbocycles. The Morgan fingerprint density at radius 1 is 1.33 bits per heavy atom. The van der Waals surface area contributed by atoms with Gasteiger partial charge in [-0.15, -0.1) is 5.10 Å². The highest BCUT2D eigenvalue weighted by molar-refractivity contribution is 7.91. The molecule has 0 aliphatic heterocycles. The van der Waals surface area contributed by atoms with Crippen molar-refractivity contribution in [2.24, 2.45) is 0 Å². The van der Waals surface area contributed by atoms with E-state index in [0.29, 0.717) is 17.5 Å². The summed E-state index contributed by atoms with van der Waals surface area (Å²) in [6, 6.07) is 5.72. The second-order valence-electron chi connectivity index (χ2n) is 6.24. The highest BCUT2D eigenvalue weighted by Crippen LogP contribution is 2.38. The Balaban J connectivity index is 1.61. The smallest absolute Gasteiger partial charge is 0.266 e. The third-order valence-electron chi connectivity index (χ3n) is 3.97. The number of ether oxygens (including phenoxy) is 1. The molecular weight excluding hydrogens is 330 g/mol. The van der Waals surface area contributed by atoms with Gasteiger partial charge >= 0.3 is 0 Å². The van der Waals surface area contributed by atoms with Gasteiger partial charge in [0.25, 0.3) is 5.16 Å². The van der Waals surface area contributed by atoms with Crippen molar-refractivity contribution in [2.75, 3.05) is 12.4 Å². The van der Waals surface area contributed by atoms with E-state index in [1.54, 1.807) is 0 Å². The second-order valence-corrected chi connectivity index (χ2v) is 8.17. The van der Waals surface area contributed by atoms with E-state index in [9.17, 15) is 13.5 Å². The molecule has 1 aliphatic carbocycles. The molecule has 0 bridgehead atoms. The molecular formula is C16H21N3O4S. The van der Waals surface area contributed by atoms with Crippen LogP contribution in [0.1, 0.15) is 35.7 Å². The molecule has 1 aromatic heterocycles. The Morgan fingerprint density at radius 3 is 2.62 bits per heavy atom. The van der Waals surface area contributed by atoms with Crippen LogP contribution in [0, 0.1) is 13.8 Å². The predicted octanol–water partition coefficient (Wildman–Crippen LogP) is 1.51. The lowest BCUT2D eigenvalue weighted by Crippen LogP contribution is -2.28. The summed E-state index contributed by atoms with van der Waals surface area (Å²) in [6.07, 6.45) is 0.846. The van der Waals surface area contributed by atoms with Gasteiger partial charge in [0.05, 0.1) is 5.75 Å². The van der Waals surface area contributed by atoms with Gasteiger partial charge in [0, 0.05) is 5.92 Å². The van der Waals surface area contributed by atoms with Crippen LogP contribution in [0.4, 0.5) is 0 Å². The molecule has 2 N–H and O–H groups in total. The van der Waals surface area contributed by atoms with Crippen molar-refractivity contribution in [3.05, 3.63) is 35.2 Å². The van der Waals surface area contributed by atoms with Gasteiger partial charge in [0.2, 0.25) is 9.84 Å². The number of rotatable bonds is 7. The van der Waals surface area contributed by atoms with E-state index in [1.807, 2.05) is 32.0 Å². The van der Waals surface area contributed by atoms with E-state index >= 15 is 0 Å². The summed E-state index contributed by atoms with van der Waals surface area (Å²) < 4.78 is 30.2. The van der Waals surface area contributed by atoms with E-state index < -0.39 is 21.7 Å². The first-order chi connectivity index (χ1) is 11.4. The monoisotopic (exact) mass is 351 g/mol. The lowest BCUT2D eigenvalue weighted by Gasteiger charge is -2.15. The van der Waals surface area contributed by atoms with Crippen LogP contribution in [-0.2, 0) is 9.84 Å². The number of aryl methyl sites for hydroxylation is 2. The first-order valence-corrected chi connectivity index (χ1v) is 9.54. The molecule has 3 rings (SSSR count). The maximum Gasteiger partial charge on any atom is 0.266 e. The number of nitrogens with one attached hydrogen (secondary N) is 1. The van der Waals surface area contributed by atoms with E-state index in [0.717, 1.165) is 24.0 Å². The van der Waals surface area contributed by atoms with Gasteiger partial charge in [-0.3, -0.25) is 5.10 Å². The largest absolute Gasteiger partial charge is 0.490 e. The number of para-hydroxylation sites is 1. The van der Waals surface area contributed by atoms with Crippen LogP contribution in [0.15, 0.2) is 23.4 Å². The minimum absolute atomic E-state index is 0.106. The van der Waals surface area contributed by atoms with E-state index in [2.05, 4.69) is 15.2 Å². The number of hydrogen-bond donors (Lipinski definition) is 2. The third kappa shape index (κ3) is 3.76. The summed E-state index contributed by atoms with van der Waals surface area (Å²) in [5.74, 6) is 1.09. The summed E-state index contributed by atoms with van der Waals surface area (Å²) >= 11 is 0. The molecule has 130 valence electrons. The molecule has 0 amide bonds. The molecule has 1 atom stereocenters. The molecule has 7 nitrogen and oxygen atoms in total. The summed E-state index contributed by atoms with van der Waals surface area (Å²) in [7, 11) is -3.75. The Kier molecular flexibility index (Phi) is 4.60. The molecule has 8 heteroatoms. The quantitative estimate of drug-likeness (QED) is 0.783. The molecule has 1 unspecified atom stereocenters. The number of benzene rings is 1. The van der Waals surface area contributed by atoms with Crippen molar-refractivity contribution in [2.45, 2.75) is 43.9 Å². The number of hydrogen-bond acceptors (Lipinski definition) is 6. The Morgan fingerprint density at radius 2 is 2.00 bits per heavy atom. The van der Waals surface area contributed by atoms with Crippen LogP contribution in [0.3, 0.4) is 0 Å². The summed E-state index contributed by atoms with van der Waals surface area (Å²) in [5.41, 5.74) is 1.88. The topological polar surface area (TPSA) is 105 Å². The minimum Gasteiger partial charge on any atom is -0.490 e. The Hall–Kier alpha value is -1.93. The van der Waals surface area contributed by atoms with Crippen LogP contribution < -0.4 is 4.74 Å². The van der Waals surface area contributed by atoms with Crippen LogP contribution in [0.5, 0.6) is 5.75 Å². The highest BCUT2D eigenvalue weighted by atomic mass is 32.2. The van der Waals surface area contributed by atoms with Crippen molar-refractivity contribution in [3.63, 3.8) is 0 Å². The SMILES string of the molecule is Cc1cccc(C)c1OCC(O)CS(=O)(=O)c1n[nH]c(C2CC2)n1. The van der Waals surface area contributed by atoms with Crippen molar-refractivity contribution in [1.82, 2.24) is 15.2 Å². The lowest BCUT2D eigenvalue weighted by molar-refractivity contribution is 0.124. The van der Waals surface area contributed by atoms with Gasteiger partial charge in [0.15, 0.2) is 0 Å². The molecule has 1 heterocycles. The average Bonchev–Trinajstić information content (AvgIpc) is 3.22. The van der Waals surface area contributed by atoms with Gasteiger partial charge in [-0.2, -0.15) is 0 Å². The van der Waals surface area contributed by atoms with Crippen LogP contribution in [0.25, 0.3) is 0 Å². The molecule has 0 saturated heterocycles. The second kappa shape index (κ2) is 6.52. The van der Waals surface area contributed by atoms with Gasteiger partial charge in [-0.25, -0.2) is 13.4 Å². The van der Waals surface area contributed by atoms with Crippen LogP contribution >= 0.6 is 0 Å². The zero-order valence-corrected chi connectivity index (χ0v) is 14.5. The van der Waals surface area contributed by atoms with Crippen molar-refractivity contribution in [1.29, 1.82) is 0 Å². The zero-order chi connectivity index (χ0) is 17.3. The van der Waals surface area contributed by atoms with E-state index in [1.165, 1.54) is 0 Å². The molecule has 1 aliphatic rings. The Labute approximate surface area is 141 Å². The van der Waals surface area contributed by atoms with Gasteiger partial charge in [-0.1, -0.05) is 18.2 Å². The zero-order valence-electron chi connectivity index (χ0n) is 13.7. The summed E-state index contributed by atoms with van der Waals surface area (Å²) in [5, 5.41) is 16.2. The standard InChI is InChI=1S/C16H21N3O4S/c1-10-4-3-5-11(2)14(10)23-8-13(20)9-24(21,22)16-17-15(18-19-16)12-6-7-12/h3-5,12-13,20H,6-9H2,1-2H3,(H,17,18,19).